The number of nitro groups is 1. The number of carbonyl (C=O) groups excluding carboxylic acids is 1. The van der Waals surface area contributed by atoms with E-state index in [2.05, 4.69) is 10.7 Å². The van der Waals surface area contributed by atoms with Gasteiger partial charge in [-0.3, -0.25) is 16.0 Å². The van der Waals surface area contributed by atoms with Crippen molar-refractivity contribution in [1.29, 1.82) is 0 Å². The minimum atomic E-state index is -0.581. The summed E-state index contributed by atoms with van der Waals surface area (Å²) in [5.74, 6) is 5.13. The van der Waals surface area contributed by atoms with Gasteiger partial charge in [-0.1, -0.05) is 13.8 Å². The molecule has 0 saturated carbocycles. The number of hydrogen-bond acceptors (Lipinski definition) is 7. The number of rotatable bonds is 7. The molecule has 116 valence electrons. The van der Waals surface area contributed by atoms with Gasteiger partial charge in [0.1, 0.15) is 6.04 Å². The molecular formula is C13H20N4O4. The van der Waals surface area contributed by atoms with Crippen molar-refractivity contribution >= 4 is 23.0 Å². The Hall–Kier alpha value is -2.35. The fourth-order valence-electron chi connectivity index (χ4n) is 1.91. The first kappa shape index (κ1) is 16.7. The van der Waals surface area contributed by atoms with Gasteiger partial charge < -0.3 is 15.5 Å². The first-order chi connectivity index (χ1) is 9.87. The highest BCUT2D eigenvalue weighted by Crippen LogP contribution is 2.25. The van der Waals surface area contributed by atoms with Crippen LogP contribution in [0, 0.1) is 16.0 Å². The lowest BCUT2D eigenvalue weighted by Crippen LogP contribution is -2.32. The fraction of sp³-hybridized carbons (Fsp3) is 0.462. The fourth-order valence-corrected chi connectivity index (χ4v) is 1.91. The van der Waals surface area contributed by atoms with E-state index in [4.69, 9.17) is 10.6 Å². The third-order valence-corrected chi connectivity index (χ3v) is 2.83. The number of hydrogen-bond donors (Lipinski definition) is 3. The molecule has 0 aliphatic heterocycles. The molecule has 0 spiro atoms. The first-order valence-corrected chi connectivity index (χ1v) is 6.47. The van der Waals surface area contributed by atoms with E-state index < -0.39 is 16.9 Å². The maximum atomic E-state index is 11.8. The van der Waals surface area contributed by atoms with Gasteiger partial charge in [-0.25, -0.2) is 4.79 Å². The molecule has 0 radical (unpaired) electrons. The molecule has 0 aliphatic rings. The molecule has 1 aromatic carbocycles. The van der Waals surface area contributed by atoms with Crippen LogP contribution in [0.1, 0.15) is 20.3 Å². The van der Waals surface area contributed by atoms with E-state index >= 15 is 0 Å². The molecule has 8 heteroatoms. The van der Waals surface area contributed by atoms with Crippen LogP contribution in [0.15, 0.2) is 18.2 Å². The largest absolute Gasteiger partial charge is 0.467 e. The molecule has 4 N–H and O–H groups in total. The first-order valence-electron chi connectivity index (χ1n) is 6.47. The van der Waals surface area contributed by atoms with Crippen LogP contribution < -0.4 is 16.6 Å². The van der Waals surface area contributed by atoms with E-state index in [1.807, 2.05) is 13.8 Å². The van der Waals surface area contributed by atoms with Gasteiger partial charge >= 0.3 is 5.97 Å². The number of nitrogens with zero attached hydrogens (tertiary/aromatic N) is 1. The second kappa shape index (κ2) is 7.44. The quantitative estimate of drug-likeness (QED) is 0.304. The van der Waals surface area contributed by atoms with Gasteiger partial charge in [-0.15, -0.1) is 0 Å². The number of nitrogens with two attached hydrogens (primary N) is 1. The molecule has 0 saturated heterocycles. The third-order valence-electron chi connectivity index (χ3n) is 2.83. The number of hydrazine groups is 1. The Morgan fingerprint density at radius 2 is 2.00 bits per heavy atom. The van der Waals surface area contributed by atoms with Crippen molar-refractivity contribution in [3.8, 4) is 0 Å². The summed E-state index contributed by atoms with van der Waals surface area (Å²) < 4.78 is 4.74. The lowest BCUT2D eigenvalue weighted by molar-refractivity contribution is -0.384. The van der Waals surface area contributed by atoms with Crippen molar-refractivity contribution in [3.05, 3.63) is 28.3 Å². The summed E-state index contributed by atoms with van der Waals surface area (Å²) in [6, 6.07) is 3.66. The number of methoxy groups -OCH3 is 1. The normalized spacial score (nSPS) is 11.9. The number of anilines is 2. The van der Waals surface area contributed by atoms with Crippen LogP contribution in [0.2, 0.25) is 0 Å². The number of nitrogen functional groups attached to an aromatic ring is 1. The maximum absolute atomic E-state index is 11.8. The number of carbonyl (C=O) groups is 1. The Labute approximate surface area is 122 Å². The molecule has 8 nitrogen and oxygen atoms in total. The molecule has 1 rings (SSSR count). The molecule has 1 unspecified atom stereocenters. The van der Waals surface area contributed by atoms with Gasteiger partial charge in [0.15, 0.2) is 0 Å². The molecule has 0 fully saturated rings. The number of esters is 1. The van der Waals surface area contributed by atoms with E-state index in [0.717, 1.165) is 0 Å². The standard InChI is InChI=1S/C13H20N4O4/c1-8(2)4-12(13(18)21-3)15-9-5-10(16-14)7-11(6-9)17(19)20/h5-8,12,15-16H,4,14H2,1-3H3. The van der Waals surface area contributed by atoms with Crippen molar-refractivity contribution in [2.75, 3.05) is 17.9 Å². The zero-order valence-electron chi connectivity index (χ0n) is 12.3. The monoisotopic (exact) mass is 296 g/mol. The highest BCUT2D eigenvalue weighted by molar-refractivity contribution is 5.80. The van der Waals surface area contributed by atoms with Gasteiger partial charge in [-0.05, 0) is 18.4 Å². The lowest BCUT2D eigenvalue weighted by Gasteiger charge is -2.19. The minimum Gasteiger partial charge on any atom is -0.467 e. The van der Waals surface area contributed by atoms with Crippen molar-refractivity contribution in [1.82, 2.24) is 0 Å². The van der Waals surface area contributed by atoms with Crippen LogP contribution in [0.25, 0.3) is 0 Å². The molecule has 0 aliphatic carbocycles. The second-order valence-electron chi connectivity index (χ2n) is 5.02. The topological polar surface area (TPSA) is 120 Å². The average Bonchev–Trinajstić information content (AvgIpc) is 2.44. The molecule has 1 atom stereocenters. The Bertz CT molecular complexity index is 519. The van der Waals surface area contributed by atoms with E-state index in [1.165, 1.54) is 19.2 Å². The Morgan fingerprint density at radius 1 is 1.38 bits per heavy atom. The van der Waals surface area contributed by atoms with Crippen molar-refractivity contribution < 1.29 is 14.5 Å². The van der Waals surface area contributed by atoms with Crippen molar-refractivity contribution in [3.63, 3.8) is 0 Å². The number of benzene rings is 1. The number of nitro benzene ring substituents is 1. The maximum Gasteiger partial charge on any atom is 0.328 e. The van der Waals surface area contributed by atoms with Gasteiger partial charge in [0.2, 0.25) is 0 Å². The molecule has 0 amide bonds. The third kappa shape index (κ3) is 4.92. The van der Waals surface area contributed by atoms with Crippen molar-refractivity contribution in [2.45, 2.75) is 26.3 Å². The second-order valence-corrected chi connectivity index (χ2v) is 5.02. The van der Waals surface area contributed by atoms with Crippen LogP contribution >= 0.6 is 0 Å². The summed E-state index contributed by atoms with van der Waals surface area (Å²) in [4.78, 5) is 22.1. The van der Waals surface area contributed by atoms with Crippen LogP contribution in [-0.4, -0.2) is 24.0 Å². The molecule has 0 aromatic heterocycles. The molecule has 0 bridgehead atoms. The Balaban J connectivity index is 3.04. The summed E-state index contributed by atoms with van der Waals surface area (Å²) >= 11 is 0. The van der Waals surface area contributed by atoms with Gasteiger partial charge in [0.25, 0.3) is 5.69 Å². The van der Waals surface area contributed by atoms with Crippen LogP contribution in [-0.2, 0) is 9.53 Å². The van der Waals surface area contributed by atoms with Crippen LogP contribution in [0.4, 0.5) is 17.1 Å². The Kier molecular flexibility index (Phi) is 5.92. The predicted octanol–water partition coefficient (Wildman–Crippen LogP) is 1.88. The summed E-state index contributed by atoms with van der Waals surface area (Å²) in [7, 11) is 1.30. The minimum absolute atomic E-state index is 0.124. The molecule has 1 aromatic rings. The van der Waals surface area contributed by atoms with Gasteiger partial charge in [0, 0.05) is 17.8 Å². The molecule has 0 heterocycles. The van der Waals surface area contributed by atoms with Crippen LogP contribution in [0.5, 0.6) is 0 Å². The van der Waals surface area contributed by atoms with E-state index in [0.29, 0.717) is 17.8 Å². The summed E-state index contributed by atoms with van der Waals surface area (Å²) in [5.41, 5.74) is 3.03. The summed E-state index contributed by atoms with van der Waals surface area (Å²) in [6.07, 6.45) is 0.542. The highest BCUT2D eigenvalue weighted by atomic mass is 16.6. The van der Waals surface area contributed by atoms with Gasteiger partial charge in [-0.2, -0.15) is 0 Å². The van der Waals surface area contributed by atoms with E-state index in [9.17, 15) is 14.9 Å². The highest BCUT2D eigenvalue weighted by Gasteiger charge is 2.21. The summed E-state index contributed by atoms with van der Waals surface area (Å²) in [5, 5.41) is 13.8. The number of ether oxygens (including phenoxy) is 1. The average molecular weight is 296 g/mol. The van der Waals surface area contributed by atoms with Crippen LogP contribution in [0.3, 0.4) is 0 Å². The SMILES string of the molecule is COC(=O)C(CC(C)C)Nc1cc(NN)cc([N+](=O)[O-])c1. The zero-order chi connectivity index (χ0) is 16.0. The summed E-state index contributed by atoms with van der Waals surface area (Å²) in [6.45, 7) is 3.94. The molecular weight excluding hydrogens is 276 g/mol. The predicted molar refractivity (Wildman–Crippen MR) is 79.8 cm³/mol. The smallest absolute Gasteiger partial charge is 0.328 e. The lowest BCUT2D eigenvalue weighted by atomic mass is 10.0. The molecule has 21 heavy (non-hydrogen) atoms. The Morgan fingerprint density at radius 3 is 2.48 bits per heavy atom. The van der Waals surface area contributed by atoms with E-state index in [1.54, 1.807) is 6.07 Å². The number of nitrogens with one attached hydrogen (secondary N) is 2. The van der Waals surface area contributed by atoms with Gasteiger partial charge in [0.05, 0.1) is 17.7 Å². The van der Waals surface area contributed by atoms with E-state index in [-0.39, 0.29) is 11.6 Å². The number of non-ortho nitro benzene ring substituents is 1. The zero-order valence-corrected chi connectivity index (χ0v) is 12.3. The van der Waals surface area contributed by atoms with Crippen molar-refractivity contribution in [2.24, 2.45) is 11.8 Å².